The predicted octanol–water partition coefficient (Wildman–Crippen LogP) is 4.10. The highest BCUT2D eigenvalue weighted by atomic mass is 19.2. The number of halogens is 5. The molecule has 0 fully saturated rings. The highest BCUT2D eigenvalue weighted by Crippen LogP contribution is 2.31. The highest BCUT2D eigenvalue weighted by Gasteiger charge is 2.29. The summed E-state index contributed by atoms with van der Waals surface area (Å²) in [6, 6.07) is 8.21. The smallest absolute Gasteiger partial charge is 0.264 e. The van der Waals surface area contributed by atoms with E-state index in [1.54, 1.807) is 30.3 Å². The highest BCUT2D eigenvalue weighted by molar-refractivity contribution is 5.60. The molecular weight excluding hydrogens is 307 g/mol. The Kier molecular flexibility index (Phi) is 3.36. The first-order valence-electron chi connectivity index (χ1n) is 5.91. The minimum absolute atomic E-state index is 0.0421. The van der Waals surface area contributed by atoms with E-state index in [1.165, 1.54) is 0 Å². The first-order valence-corrected chi connectivity index (χ1v) is 5.91. The van der Waals surface area contributed by atoms with Gasteiger partial charge in [-0.15, -0.1) is 0 Å². The number of benzene rings is 2. The van der Waals surface area contributed by atoms with Crippen LogP contribution in [0, 0.1) is 29.1 Å². The molecule has 0 unspecified atom stereocenters. The Morgan fingerprint density at radius 2 is 1.27 bits per heavy atom. The van der Waals surface area contributed by atoms with Crippen molar-refractivity contribution in [1.29, 1.82) is 0 Å². The Balaban J connectivity index is 2.16. The Morgan fingerprint density at radius 3 is 1.86 bits per heavy atom. The quantitative estimate of drug-likeness (QED) is 0.406. The molecule has 0 N–H and O–H groups in total. The van der Waals surface area contributed by atoms with Crippen LogP contribution < -0.4 is 0 Å². The largest absolute Gasteiger partial charge is 0.333 e. The third-order valence-electron chi connectivity index (χ3n) is 2.88. The second-order valence-corrected chi connectivity index (χ2v) is 4.23. The van der Waals surface area contributed by atoms with E-state index in [-0.39, 0.29) is 5.82 Å². The van der Waals surface area contributed by atoms with Gasteiger partial charge in [0, 0.05) is 5.56 Å². The zero-order valence-corrected chi connectivity index (χ0v) is 10.6. The van der Waals surface area contributed by atoms with E-state index in [0.717, 1.165) is 0 Å². The van der Waals surface area contributed by atoms with Gasteiger partial charge in [0.15, 0.2) is 23.3 Å². The molecule has 3 aromatic rings. The Labute approximate surface area is 120 Å². The summed E-state index contributed by atoms with van der Waals surface area (Å²) >= 11 is 0. The molecule has 0 saturated carbocycles. The van der Waals surface area contributed by atoms with Crippen molar-refractivity contribution in [3.05, 3.63) is 59.4 Å². The minimum Gasteiger partial charge on any atom is -0.333 e. The second kappa shape index (κ2) is 5.21. The Morgan fingerprint density at radius 1 is 0.727 bits per heavy atom. The molecule has 22 heavy (non-hydrogen) atoms. The number of nitrogens with zero attached hydrogens (tertiary/aromatic N) is 2. The monoisotopic (exact) mass is 312 g/mol. The molecular formula is C14H5F5N2O. The van der Waals surface area contributed by atoms with Crippen LogP contribution in [0.3, 0.4) is 0 Å². The van der Waals surface area contributed by atoms with E-state index < -0.39 is 40.5 Å². The number of rotatable bonds is 2. The van der Waals surface area contributed by atoms with Gasteiger partial charge < -0.3 is 4.52 Å². The zero-order valence-electron chi connectivity index (χ0n) is 10.6. The molecule has 0 atom stereocenters. The summed E-state index contributed by atoms with van der Waals surface area (Å²) in [5.74, 6) is -11.3. The summed E-state index contributed by atoms with van der Waals surface area (Å²) < 4.78 is 71.2. The molecule has 0 bridgehead atoms. The predicted molar refractivity (Wildman–Crippen MR) is 65.0 cm³/mol. The van der Waals surface area contributed by atoms with E-state index in [1.807, 2.05) is 0 Å². The van der Waals surface area contributed by atoms with Crippen LogP contribution in [-0.2, 0) is 0 Å². The summed E-state index contributed by atoms with van der Waals surface area (Å²) in [6.45, 7) is 0. The number of aromatic nitrogens is 2. The molecule has 0 saturated heterocycles. The van der Waals surface area contributed by atoms with Gasteiger partial charge in [-0.1, -0.05) is 35.5 Å². The van der Waals surface area contributed by atoms with Gasteiger partial charge in [0.1, 0.15) is 5.56 Å². The van der Waals surface area contributed by atoms with Gasteiger partial charge in [-0.3, -0.25) is 0 Å². The Hall–Kier alpha value is -2.77. The molecule has 112 valence electrons. The lowest BCUT2D eigenvalue weighted by Gasteiger charge is -2.03. The van der Waals surface area contributed by atoms with Crippen LogP contribution >= 0.6 is 0 Å². The molecule has 0 aliphatic heterocycles. The van der Waals surface area contributed by atoms with Crippen molar-refractivity contribution in [3.8, 4) is 22.8 Å². The molecule has 0 amide bonds. The molecule has 8 heteroatoms. The van der Waals surface area contributed by atoms with Crippen LogP contribution in [0.4, 0.5) is 22.0 Å². The molecule has 1 heterocycles. The van der Waals surface area contributed by atoms with Crippen molar-refractivity contribution in [2.75, 3.05) is 0 Å². The molecule has 1 aromatic heterocycles. The van der Waals surface area contributed by atoms with Crippen molar-refractivity contribution in [3.63, 3.8) is 0 Å². The van der Waals surface area contributed by atoms with Crippen LogP contribution in [0.1, 0.15) is 0 Å². The van der Waals surface area contributed by atoms with Gasteiger partial charge in [-0.05, 0) is 0 Å². The summed E-state index contributed by atoms with van der Waals surface area (Å²) in [7, 11) is 0. The topological polar surface area (TPSA) is 38.9 Å². The molecule has 3 nitrogen and oxygen atoms in total. The third kappa shape index (κ3) is 2.12. The summed E-state index contributed by atoms with van der Waals surface area (Å²) in [5, 5.41) is 3.47. The van der Waals surface area contributed by atoms with E-state index in [0.29, 0.717) is 5.56 Å². The molecule has 2 aromatic carbocycles. The maximum atomic E-state index is 13.7. The average Bonchev–Trinajstić information content (AvgIpc) is 3.02. The van der Waals surface area contributed by atoms with E-state index >= 15 is 0 Å². The van der Waals surface area contributed by atoms with Crippen LogP contribution in [0.25, 0.3) is 22.8 Å². The summed E-state index contributed by atoms with van der Waals surface area (Å²) in [5.41, 5.74) is -0.799. The molecule has 0 aliphatic carbocycles. The summed E-state index contributed by atoms with van der Waals surface area (Å²) in [6.07, 6.45) is 0. The van der Waals surface area contributed by atoms with Crippen molar-refractivity contribution >= 4 is 0 Å². The lowest BCUT2D eigenvalue weighted by molar-refractivity contribution is 0.373. The van der Waals surface area contributed by atoms with Gasteiger partial charge >= 0.3 is 0 Å². The standard InChI is InChI=1S/C14H5F5N2O/c15-8-7(9(16)11(18)12(19)10(8)17)14-20-13(21-22-14)6-4-2-1-3-5-6/h1-5H. The maximum absolute atomic E-state index is 13.7. The number of hydrogen-bond donors (Lipinski definition) is 0. The lowest BCUT2D eigenvalue weighted by atomic mass is 10.1. The fourth-order valence-electron chi connectivity index (χ4n) is 1.82. The van der Waals surface area contributed by atoms with Crippen LogP contribution in [0.5, 0.6) is 0 Å². The molecule has 0 aliphatic rings. The molecule has 0 radical (unpaired) electrons. The second-order valence-electron chi connectivity index (χ2n) is 4.23. The normalized spacial score (nSPS) is 11.0. The van der Waals surface area contributed by atoms with Gasteiger partial charge in [-0.25, -0.2) is 22.0 Å². The number of hydrogen-bond acceptors (Lipinski definition) is 3. The first kappa shape index (κ1) is 14.2. The van der Waals surface area contributed by atoms with Gasteiger partial charge in [-0.2, -0.15) is 4.98 Å². The maximum Gasteiger partial charge on any atom is 0.264 e. The van der Waals surface area contributed by atoms with Crippen molar-refractivity contribution in [2.45, 2.75) is 0 Å². The van der Waals surface area contributed by atoms with Crippen LogP contribution in [0.2, 0.25) is 0 Å². The lowest BCUT2D eigenvalue weighted by Crippen LogP contribution is -2.04. The van der Waals surface area contributed by atoms with Crippen molar-refractivity contribution in [1.82, 2.24) is 10.1 Å². The van der Waals surface area contributed by atoms with E-state index in [4.69, 9.17) is 0 Å². The van der Waals surface area contributed by atoms with Crippen molar-refractivity contribution < 1.29 is 26.5 Å². The SMILES string of the molecule is Fc1c(F)c(F)c(-c2nc(-c3ccccc3)no2)c(F)c1F. The summed E-state index contributed by atoms with van der Waals surface area (Å²) in [4.78, 5) is 3.67. The minimum atomic E-state index is -2.25. The molecule has 0 spiro atoms. The fraction of sp³-hybridized carbons (Fsp3) is 0. The third-order valence-corrected chi connectivity index (χ3v) is 2.88. The Bertz CT molecular complexity index is 819. The van der Waals surface area contributed by atoms with Gasteiger partial charge in [0.25, 0.3) is 5.89 Å². The van der Waals surface area contributed by atoms with Crippen LogP contribution in [-0.4, -0.2) is 10.1 Å². The first-order chi connectivity index (χ1) is 10.5. The molecule has 3 rings (SSSR count). The van der Waals surface area contributed by atoms with Crippen molar-refractivity contribution in [2.24, 2.45) is 0 Å². The van der Waals surface area contributed by atoms with E-state index in [2.05, 4.69) is 14.7 Å². The zero-order chi connectivity index (χ0) is 15.9. The average molecular weight is 312 g/mol. The fourth-order valence-corrected chi connectivity index (χ4v) is 1.82. The van der Waals surface area contributed by atoms with Gasteiger partial charge in [0.05, 0.1) is 0 Å². The van der Waals surface area contributed by atoms with Gasteiger partial charge in [0.2, 0.25) is 11.6 Å². The van der Waals surface area contributed by atoms with Crippen LogP contribution in [0.15, 0.2) is 34.9 Å². The van der Waals surface area contributed by atoms with E-state index in [9.17, 15) is 22.0 Å².